The molecule has 1 saturated carbocycles. The van der Waals surface area contributed by atoms with Crippen LogP contribution in [0.3, 0.4) is 0 Å². The summed E-state index contributed by atoms with van der Waals surface area (Å²) < 4.78 is 0. The summed E-state index contributed by atoms with van der Waals surface area (Å²) in [6.45, 7) is 4.22. The highest BCUT2D eigenvalue weighted by atomic mass is 16.3. The van der Waals surface area contributed by atoms with Crippen molar-refractivity contribution in [1.29, 1.82) is 0 Å². The van der Waals surface area contributed by atoms with Crippen LogP contribution in [-0.4, -0.2) is 22.9 Å². The van der Waals surface area contributed by atoms with E-state index in [1.54, 1.807) is 0 Å². The molecule has 2 aliphatic rings. The summed E-state index contributed by atoms with van der Waals surface area (Å²) in [6, 6.07) is 0. The van der Waals surface area contributed by atoms with Gasteiger partial charge in [-0.1, -0.05) is 37.5 Å². The van der Waals surface area contributed by atoms with Crippen LogP contribution < -0.4 is 0 Å². The summed E-state index contributed by atoms with van der Waals surface area (Å²) in [5, 5.41) is 19.7. The fourth-order valence-electron chi connectivity index (χ4n) is 3.18. The Kier molecular flexibility index (Phi) is 4.41. The van der Waals surface area contributed by atoms with Gasteiger partial charge in [-0.3, -0.25) is 0 Å². The minimum atomic E-state index is -0.287. The first kappa shape index (κ1) is 12.8. The molecule has 2 N–H and O–H groups in total. The average Bonchev–Trinajstić information content (AvgIpc) is 2.39. The second kappa shape index (κ2) is 5.83. The molecule has 0 heterocycles. The maximum absolute atomic E-state index is 10.5. The van der Waals surface area contributed by atoms with Gasteiger partial charge in [0.25, 0.3) is 0 Å². The van der Waals surface area contributed by atoms with Crippen LogP contribution >= 0.6 is 0 Å². The minimum Gasteiger partial charge on any atom is -0.392 e. The van der Waals surface area contributed by atoms with E-state index in [2.05, 4.69) is 12.7 Å². The maximum atomic E-state index is 10.5. The van der Waals surface area contributed by atoms with Crippen molar-refractivity contribution < 1.29 is 10.2 Å². The highest BCUT2D eigenvalue weighted by Gasteiger charge is 2.30. The predicted molar refractivity (Wildman–Crippen MR) is 69.6 cm³/mol. The van der Waals surface area contributed by atoms with E-state index in [-0.39, 0.29) is 18.6 Å². The molecule has 0 aliphatic heterocycles. The number of rotatable bonds is 3. The van der Waals surface area contributed by atoms with Crippen molar-refractivity contribution >= 4 is 0 Å². The van der Waals surface area contributed by atoms with Gasteiger partial charge in [0.05, 0.1) is 12.7 Å². The highest BCUT2D eigenvalue weighted by Crippen LogP contribution is 2.36. The van der Waals surface area contributed by atoms with Gasteiger partial charge in [-0.2, -0.15) is 0 Å². The topological polar surface area (TPSA) is 40.5 Å². The van der Waals surface area contributed by atoms with Crippen LogP contribution in [-0.2, 0) is 0 Å². The number of hydrogen-bond acceptors (Lipinski definition) is 2. The Morgan fingerprint density at radius 1 is 1.24 bits per heavy atom. The number of aliphatic hydroxyl groups is 2. The largest absolute Gasteiger partial charge is 0.392 e. The third-order valence-electron chi connectivity index (χ3n) is 4.36. The zero-order chi connectivity index (χ0) is 12.3. The fourth-order valence-corrected chi connectivity index (χ4v) is 3.18. The zero-order valence-corrected chi connectivity index (χ0v) is 10.6. The molecule has 0 amide bonds. The van der Waals surface area contributed by atoms with Gasteiger partial charge < -0.3 is 10.2 Å². The van der Waals surface area contributed by atoms with Crippen LogP contribution in [0.25, 0.3) is 0 Å². The molecule has 1 fully saturated rings. The Labute approximate surface area is 104 Å². The van der Waals surface area contributed by atoms with E-state index < -0.39 is 0 Å². The molecule has 2 aliphatic carbocycles. The summed E-state index contributed by atoms with van der Waals surface area (Å²) in [5.74, 6) is 0.508. The van der Waals surface area contributed by atoms with E-state index in [4.69, 9.17) is 0 Å². The van der Waals surface area contributed by atoms with Gasteiger partial charge in [-0.05, 0) is 37.2 Å². The third kappa shape index (κ3) is 2.99. The monoisotopic (exact) mass is 236 g/mol. The molecular formula is C15H24O2. The second-order valence-corrected chi connectivity index (χ2v) is 5.56. The normalized spacial score (nSPS) is 28.9. The molecule has 0 saturated heterocycles. The average molecular weight is 236 g/mol. The van der Waals surface area contributed by atoms with Crippen molar-refractivity contribution in [2.24, 2.45) is 11.8 Å². The summed E-state index contributed by atoms with van der Waals surface area (Å²) in [5.41, 5.74) is 2.21. The van der Waals surface area contributed by atoms with Gasteiger partial charge in [0.2, 0.25) is 0 Å². The van der Waals surface area contributed by atoms with Crippen molar-refractivity contribution in [3.63, 3.8) is 0 Å². The first-order valence-electron chi connectivity index (χ1n) is 6.88. The number of aliphatic hydroxyl groups excluding tert-OH is 2. The third-order valence-corrected chi connectivity index (χ3v) is 4.36. The molecule has 17 heavy (non-hydrogen) atoms. The van der Waals surface area contributed by atoms with Crippen molar-refractivity contribution in [3.8, 4) is 0 Å². The van der Waals surface area contributed by atoms with Gasteiger partial charge in [0.15, 0.2) is 0 Å². The summed E-state index contributed by atoms with van der Waals surface area (Å²) in [6.07, 6.45) is 9.70. The molecule has 0 aromatic heterocycles. The molecule has 0 spiro atoms. The number of hydrogen-bond donors (Lipinski definition) is 2. The van der Waals surface area contributed by atoms with Crippen LogP contribution in [0.4, 0.5) is 0 Å². The van der Waals surface area contributed by atoms with Gasteiger partial charge >= 0.3 is 0 Å². The molecule has 0 aromatic carbocycles. The molecule has 1 unspecified atom stereocenters. The fraction of sp³-hybridized carbons (Fsp3) is 0.733. The van der Waals surface area contributed by atoms with Crippen LogP contribution in [0.1, 0.15) is 44.9 Å². The Balaban J connectivity index is 2.05. The van der Waals surface area contributed by atoms with Crippen LogP contribution in [0.15, 0.2) is 23.8 Å². The Hall–Kier alpha value is -0.600. The van der Waals surface area contributed by atoms with Crippen molar-refractivity contribution in [2.75, 3.05) is 6.61 Å². The van der Waals surface area contributed by atoms with Gasteiger partial charge in [-0.15, -0.1) is 0 Å². The molecule has 0 radical (unpaired) electrons. The van der Waals surface area contributed by atoms with Gasteiger partial charge in [0.1, 0.15) is 0 Å². The molecule has 96 valence electrons. The van der Waals surface area contributed by atoms with E-state index in [1.165, 1.54) is 19.3 Å². The first-order chi connectivity index (χ1) is 8.22. The second-order valence-electron chi connectivity index (χ2n) is 5.56. The van der Waals surface area contributed by atoms with Gasteiger partial charge in [0, 0.05) is 5.92 Å². The van der Waals surface area contributed by atoms with E-state index in [0.717, 1.165) is 36.8 Å². The van der Waals surface area contributed by atoms with Crippen LogP contribution in [0.2, 0.25) is 0 Å². The summed E-state index contributed by atoms with van der Waals surface area (Å²) in [4.78, 5) is 0. The van der Waals surface area contributed by atoms with Crippen molar-refractivity contribution in [2.45, 2.75) is 51.0 Å². The Morgan fingerprint density at radius 3 is 2.59 bits per heavy atom. The Morgan fingerprint density at radius 2 is 1.94 bits per heavy atom. The van der Waals surface area contributed by atoms with E-state index in [0.29, 0.717) is 5.92 Å². The maximum Gasteiger partial charge on any atom is 0.0668 e. The molecule has 2 heteroatoms. The highest BCUT2D eigenvalue weighted by molar-refractivity contribution is 5.23. The molecule has 0 bridgehead atoms. The molecular weight excluding hydrogens is 212 g/mol. The van der Waals surface area contributed by atoms with E-state index in [1.807, 2.05) is 0 Å². The van der Waals surface area contributed by atoms with E-state index in [9.17, 15) is 10.2 Å². The SMILES string of the molecule is C=C1CCC(CO)=C[C@@H]1C(O)C1CCCCC1. The molecule has 2 rings (SSSR count). The predicted octanol–water partition coefficient (Wildman–Crippen LogP) is 2.81. The zero-order valence-electron chi connectivity index (χ0n) is 10.6. The first-order valence-corrected chi connectivity index (χ1v) is 6.88. The minimum absolute atomic E-state index is 0.0778. The standard InChI is InChI=1S/C15H24O2/c1-11-7-8-12(10-16)9-14(11)15(17)13-5-3-2-4-6-13/h9,13-17H,1-8,10H2/t14-,15?/m0/s1. The summed E-state index contributed by atoms with van der Waals surface area (Å²) >= 11 is 0. The smallest absolute Gasteiger partial charge is 0.0668 e. The molecule has 2 atom stereocenters. The lowest BCUT2D eigenvalue weighted by Gasteiger charge is -2.34. The quantitative estimate of drug-likeness (QED) is 0.740. The van der Waals surface area contributed by atoms with Crippen molar-refractivity contribution in [3.05, 3.63) is 23.8 Å². The Bertz CT molecular complexity index is 300. The lowest BCUT2D eigenvalue weighted by molar-refractivity contribution is 0.0584. The lowest BCUT2D eigenvalue weighted by Crippen LogP contribution is -2.32. The van der Waals surface area contributed by atoms with Crippen molar-refractivity contribution in [1.82, 2.24) is 0 Å². The van der Waals surface area contributed by atoms with Gasteiger partial charge in [-0.25, -0.2) is 0 Å². The van der Waals surface area contributed by atoms with Crippen LogP contribution in [0.5, 0.6) is 0 Å². The van der Waals surface area contributed by atoms with Crippen LogP contribution in [0, 0.1) is 11.8 Å². The molecule has 0 aromatic rings. The van der Waals surface area contributed by atoms with E-state index >= 15 is 0 Å². The molecule has 2 nitrogen and oxygen atoms in total. The lowest BCUT2D eigenvalue weighted by atomic mass is 9.75. The summed E-state index contributed by atoms with van der Waals surface area (Å²) in [7, 11) is 0.